The van der Waals surface area contributed by atoms with Gasteiger partial charge in [0, 0.05) is 12.1 Å². The van der Waals surface area contributed by atoms with Gasteiger partial charge in [0.1, 0.15) is 0 Å². The van der Waals surface area contributed by atoms with Crippen molar-refractivity contribution in [2.75, 3.05) is 0 Å². The minimum atomic E-state index is 0.266. The van der Waals surface area contributed by atoms with Crippen LogP contribution in [0.3, 0.4) is 0 Å². The van der Waals surface area contributed by atoms with E-state index in [1.165, 1.54) is 11.1 Å². The molecule has 0 heterocycles. The zero-order valence-corrected chi connectivity index (χ0v) is 12.5. The van der Waals surface area contributed by atoms with Crippen molar-refractivity contribution in [3.63, 3.8) is 0 Å². The van der Waals surface area contributed by atoms with Gasteiger partial charge in [-0.1, -0.05) is 60.7 Å². The zero-order valence-electron chi connectivity index (χ0n) is 12.5. The zero-order chi connectivity index (χ0) is 14.8. The molecule has 2 rings (SSSR count). The number of hydrogen-bond donors (Lipinski definition) is 2. The molecular weight excluding hydrogens is 250 g/mol. The summed E-state index contributed by atoms with van der Waals surface area (Å²) in [7, 11) is 0. The predicted octanol–water partition coefficient (Wildman–Crippen LogP) is 3.15. The van der Waals surface area contributed by atoms with E-state index < -0.39 is 0 Å². The summed E-state index contributed by atoms with van der Waals surface area (Å²) in [4.78, 5) is 0. The first-order chi connectivity index (χ1) is 9.58. The van der Waals surface area contributed by atoms with E-state index in [1.807, 2.05) is 50.2 Å². The Balaban J connectivity index is 0.000000200. The minimum Gasteiger partial charge on any atom is -0.328 e. The molecule has 108 valence electrons. The van der Waals surface area contributed by atoms with Crippen molar-refractivity contribution in [1.29, 1.82) is 0 Å². The average Bonchev–Trinajstić information content (AvgIpc) is 2.40. The molecule has 0 radical (unpaired) electrons. The monoisotopic (exact) mass is 276 g/mol. The van der Waals surface area contributed by atoms with Crippen LogP contribution in [-0.2, 0) is 12.8 Å². The lowest BCUT2D eigenvalue weighted by Crippen LogP contribution is -2.17. The molecule has 0 spiro atoms. The van der Waals surface area contributed by atoms with Gasteiger partial charge in [0.05, 0.1) is 0 Å². The van der Waals surface area contributed by atoms with Gasteiger partial charge >= 0.3 is 0 Å². The molecule has 2 unspecified atom stereocenters. The Hall–Kier alpha value is -1.64. The number of benzene rings is 2. The highest BCUT2D eigenvalue weighted by Crippen LogP contribution is 2.01. The summed E-state index contributed by atoms with van der Waals surface area (Å²) in [5.41, 5.74) is 13.9. The molecule has 0 aliphatic carbocycles. The van der Waals surface area contributed by atoms with Crippen LogP contribution in [0.25, 0.3) is 0 Å². The van der Waals surface area contributed by atoms with Gasteiger partial charge in [-0.25, -0.2) is 0 Å². The summed E-state index contributed by atoms with van der Waals surface area (Å²) in [6, 6.07) is 21.1. The molecule has 0 aromatic heterocycles. The lowest BCUT2D eigenvalue weighted by atomic mass is 10.1. The predicted molar refractivity (Wildman–Crippen MR) is 87.6 cm³/mol. The largest absolute Gasteiger partial charge is 0.328 e. The Labute approximate surface area is 122 Å². The van der Waals surface area contributed by atoms with E-state index >= 15 is 0 Å². The van der Waals surface area contributed by atoms with E-state index in [1.54, 1.807) is 0 Å². The fourth-order valence-electron chi connectivity index (χ4n) is 1.97. The van der Waals surface area contributed by atoms with Gasteiger partial charge in [-0.2, -0.15) is 0 Å². The first-order valence-corrected chi connectivity index (χ1v) is 7.17. The maximum absolute atomic E-state index is 5.62. The molecule has 0 fully saturated rings. The van der Waals surface area contributed by atoms with Crippen LogP contribution in [0.4, 0.5) is 0 Å². The van der Waals surface area contributed by atoms with E-state index in [0.717, 1.165) is 12.8 Å². The highest BCUT2D eigenvalue weighted by Gasteiger charge is 1.95. The third kappa shape index (κ3) is 7.72. The molecule has 0 amide bonds. The maximum atomic E-state index is 5.62. The fraction of sp³-hybridized carbons (Fsp3) is 0.333. The summed E-state index contributed by atoms with van der Waals surface area (Å²) < 4.78 is 0. The van der Waals surface area contributed by atoms with Crippen LogP contribution in [0, 0.1) is 0 Å². The van der Waals surface area contributed by atoms with Crippen molar-refractivity contribution in [1.82, 2.24) is 0 Å². The molecule has 2 nitrogen and oxygen atoms in total. The molecular formula is C18H26N2. The van der Waals surface area contributed by atoms with Gasteiger partial charge < -0.3 is 11.5 Å². The van der Waals surface area contributed by atoms with Crippen molar-refractivity contribution in [2.24, 2.45) is 11.5 Å². The average molecular weight is 276 g/mol. The van der Waals surface area contributed by atoms with Gasteiger partial charge in [-0.05, 0) is 37.8 Å². The molecule has 0 saturated carbocycles. The van der Waals surface area contributed by atoms with E-state index in [9.17, 15) is 0 Å². The van der Waals surface area contributed by atoms with Crippen LogP contribution in [0.5, 0.6) is 0 Å². The molecule has 0 aliphatic rings. The SMILES string of the molecule is CC(N)Cc1ccccc1.[13CH3][13CH](N)[13CH2][13c]1ccc[13cH][13cH]1. The maximum Gasteiger partial charge on any atom is 0.00509 e. The van der Waals surface area contributed by atoms with E-state index in [2.05, 4.69) is 24.3 Å². The topological polar surface area (TPSA) is 52.0 Å². The number of hydrogen-bond acceptors (Lipinski definition) is 2. The van der Waals surface area contributed by atoms with Crippen LogP contribution < -0.4 is 11.5 Å². The van der Waals surface area contributed by atoms with E-state index in [4.69, 9.17) is 11.5 Å². The first kappa shape index (κ1) is 16.4. The third-order valence-corrected chi connectivity index (χ3v) is 2.80. The summed E-state index contributed by atoms with van der Waals surface area (Å²) in [5.74, 6) is 0. The van der Waals surface area contributed by atoms with Gasteiger partial charge in [-0.3, -0.25) is 0 Å². The Morgan fingerprint density at radius 3 is 1.20 bits per heavy atom. The lowest BCUT2D eigenvalue weighted by molar-refractivity contribution is 0.738. The normalized spacial score (nSPS) is 13.0. The lowest BCUT2D eigenvalue weighted by Gasteiger charge is -2.02. The molecule has 2 aromatic rings. The van der Waals surface area contributed by atoms with Gasteiger partial charge in [-0.15, -0.1) is 0 Å². The van der Waals surface area contributed by atoms with Crippen molar-refractivity contribution >= 4 is 0 Å². The fourth-order valence-corrected chi connectivity index (χ4v) is 1.97. The second-order valence-corrected chi connectivity index (χ2v) is 5.33. The first-order valence-electron chi connectivity index (χ1n) is 7.17. The van der Waals surface area contributed by atoms with Crippen LogP contribution in [-0.4, -0.2) is 12.1 Å². The molecule has 2 atom stereocenters. The minimum absolute atomic E-state index is 0.266. The summed E-state index contributed by atoms with van der Waals surface area (Å²) in [6.07, 6.45) is 1.95. The van der Waals surface area contributed by atoms with Crippen LogP contribution in [0.1, 0.15) is 25.0 Å². The van der Waals surface area contributed by atoms with Crippen molar-refractivity contribution < 1.29 is 0 Å². The van der Waals surface area contributed by atoms with Crippen LogP contribution in [0.2, 0.25) is 0 Å². The third-order valence-electron chi connectivity index (χ3n) is 2.80. The highest BCUT2D eigenvalue weighted by atomic mass is 15.1. The Bertz CT molecular complexity index is 404. The van der Waals surface area contributed by atoms with Crippen molar-refractivity contribution in [2.45, 2.75) is 38.8 Å². The van der Waals surface area contributed by atoms with E-state index in [0.29, 0.717) is 0 Å². The smallest absolute Gasteiger partial charge is 0.00509 e. The molecule has 2 aromatic carbocycles. The summed E-state index contributed by atoms with van der Waals surface area (Å²) in [6.45, 7) is 4.04. The Morgan fingerprint density at radius 2 is 0.950 bits per heavy atom. The quantitative estimate of drug-likeness (QED) is 0.843. The van der Waals surface area contributed by atoms with Crippen LogP contribution >= 0.6 is 0 Å². The highest BCUT2D eigenvalue weighted by molar-refractivity contribution is 5.16. The molecule has 0 saturated heterocycles. The molecule has 20 heavy (non-hydrogen) atoms. The number of rotatable bonds is 4. The summed E-state index contributed by atoms with van der Waals surface area (Å²) >= 11 is 0. The molecule has 0 bridgehead atoms. The number of nitrogens with two attached hydrogens (primary N) is 2. The van der Waals surface area contributed by atoms with Gasteiger partial charge in [0.15, 0.2) is 0 Å². The second kappa shape index (κ2) is 9.29. The Morgan fingerprint density at radius 1 is 0.650 bits per heavy atom. The van der Waals surface area contributed by atoms with Crippen molar-refractivity contribution in [3.05, 3.63) is 71.8 Å². The molecule has 0 aliphatic heterocycles. The van der Waals surface area contributed by atoms with Gasteiger partial charge in [0.25, 0.3) is 0 Å². The van der Waals surface area contributed by atoms with Gasteiger partial charge in [0.2, 0.25) is 0 Å². The van der Waals surface area contributed by atoms with Crippen molar-refractivity contribution in [3.8, 4) is 0 Å². The molecule has 4 N–H and O–H groups in total. The molecule has 2 heteroatoms. The standard InChI is InChI=1S/2C9H13N/c2*1-8(10)7-9-5-3-2-4-6-9/h2*2-6,8H,7,10H2,1H3/i1+1,3+1,5+1,7+1,8+1,9+1;. The second-order valence-electron chi connectivity index (χ2n) is 5.33. The van der Waals surface area contributed by atoms with Crippen LogP contribution in [0.15, 0.2) is 60.7 Å². The van der Waals surface area contributed by atoms with E-state index in [-0.39, 0.29) is 12.1 Å². The Kier molecular flexibility index (Phi) is 7.63. The summed E-state index contributed by atoms with van der Waals surface area (Å²) in [5, 5.41) is 0.